The van der Waals surface area contributed by atoms with E-state index < -0.39 is 101 Å². The van der Waals surface area contributed by atoms with Crippen molar-refractivity contribution in [1.29, 1.82) is 0 Å². The van der Waals surface area contributed by atoms with Gasteiger partial charge in [-0.15, -0.1) is 0 Å². The van der Waals surface area contributed by atoms with Gasteiger partial charge in [-0.05, 0) is 146 Å². The van der Waals surface area contributed by atoms with Gasteiger partial charge in [0.1, 0.15) is 41.0 Å². The number of hydrogen-bond donors (Lipinski definition) is 9. The van der Waals surface area contributed by atoms with E-state index in [4.69, 9.17) is 18.9 Å². The van der Waals surface area contributed by atoms with Crippen molar-refractivity contribution in [1.82, 2.24) is 55.9 Å². The molecule has 30 heteroatoms. The van der Waals surface area contributed by atoms with Crippen molar-refractivity contribution in [3.05, 3.63) is 113 Å². The Bertz CT molecular complexity index is 4070. The van der Waals surface area contributed by atoms with Crippen molar-refractivity contribution in [3.8, 4) is 0 Å². The van der Waals surface area contributed by atoms with Gasteiger partial charge in [0.05, 0.1) is 85.7 Å². The molecule has 0 saturated heterocycles. The highest BCUT2D eigenvalue weighted by Gasteiger charge is 2.36. The second kappa shape index (κ2) is 35.8. The maximum Gasteiger partial charge on any atom is 0.308 e. The third-order valence-electron chi connectivity index (χ3n) is 17.3. The van der Waals surface area contributed by atoms with Gasteiger partial charge in [0.2, 0.25) is 29.5 Å². The van der Waals surface area contributed by atoms with Gasteiger partial charge in [-0.2, -0.15) is 0 Å². The molecule has 0 aliphatic carbocycles. The van der Waals surface area contributed by atoms with Gasteiger partial charge in [-0.1, -0.05) is 31.2 Å². The van der Waals surface area contributed by atoms with E-state index in [1.165, 1.54) is 28.9 Å². The number of anilines is 3. The second-order valence-electron chi connectivity index (χ2n) is 28.1. The van der Waals surface area contributed by atoms with Crippen LogP contribution in [0.3, 0.4) is 0 Å². The minimum atomic E-state index is -1.27. The molecule has 0 fully saturated rings. The maximum absolute atomic E-state index is 14.2. The largest absolute Gasteiger partial charge is 0.469 e. The number of imidazole rings is 2. The van der Waals surface area contributed by atoms with Crippen LogP contribution < -0.4 is 37.2 Å². The third-order valence-corrected chi connectivity index (χ3v) is 17.3. The zero-order valence-electron chi connectivity index (χ0n) is 60.8. The lowest BCUT2D eigenvalue weighted by molar-refractivity contribution is -0.156. The fourth-order valence-electron chi connectivity index (χ4n) is 12.0. The van der Waals surface area contributed by atoms with Gasteiger partial charge in [0.25, 0.3) is 11.8 Å². The minimum absolute atomic E-state index is 0.00502. The fraction of sp³-hybridized carbons (Fsp3) is 0.486. The molecule has 30 nitrogen and oxygen atoms in total. The van der Waals surface area contributed by atoms with E-state index in [0.717, 1.165) is 22.1 Å². The number of H-pyrrole nitrogens is 2. The molecule has 2 aliphatic heterocycles. The first-order valence-electron chi connectivity index (χ1n) is 34.8. The van der Waals surface area contributed by atoms with Crippen molar-refractivity contribution >= 4 is 110 Å². The van der Waals surface area contributed by atoms with E-state index in [2.05, 4.69) is 57.2 Å². The molecule has 0 radical (unpaired) electrons. The van der Waals surface area contributed by atoms with Crippen molar-refractivity contribution in [3.63, 3.8) is 0 Å². The maximum atomic E-state index is 14.2. The summed E-state index contributed by atoms with van der Waals surface area (Å²) < 4.78 is 20.8. The Morgan fingerprint density at radius 3 is 1.60 bits per heavy atom. The number of hydrogen-bond acceptors (Lipinski definition) is 21. The first-order valence-corrected chi connectivity index (χ1v) is 34.8. The highest BCUT2D eigenvalue weighted by atomic mass is 16.6. The molecule has 1 unspecified atom stereocenters. The van der Waals surface area contributed by atoms with Crippen molar-refractivity contribution in [2.75, 3.05) is 63.9 Å². The second-order valence-corrected chi connectivity index (χ2v) is 28.1. The van der Waals surface area contributed by atoms with Gasteiger partial charge in [-0.3, -0.25) is 57.5 Å². The van der Waals surface area contributed by atoms with Crippen LogP contribution in [0, 0.1) is 5.92 Å². The molecule has 9 N–H and O–H groups in total. The van der Waals surface area contributed by atoms with Crippen molar-refractivity contribution in [2.24, 2.45) is 5.92 Å². The molecule has 7 amide bonds. The number of fused-ring (bicyclic) bond motifs is 4. The number of benzene rings is 4. The van der Waals surface area contributed by atoms with E-state index in [9.17, 15) is 57.5 Å². The highest BCUT2D eigenvalue weighted by molar-refractivity contribution is 6.02. The summed E-state index contributed by atoms with van der Waals surface area (Å²) in [4.78, 5) is 183. The lowest BCUT2D eigenvalue weighted by Crippen LogP contribution is -2.49. The molecule has 6 aromatic rings. The normalized spacial score (nSPS) is 15.9. The number of aromatic amines is 2. The van der Waals surface area contributed by atoms with E-state index >= 15 is 0 Å². The quantitative estimate of drug-likeness (QED) is 0.0131. The Morgan fingerprint density at radius 2 is 1.06 bits per heavy atom. The average Bonchev–Trinajstić information content (AvgIpc) is 1.64. The van der Waals surface area contributed by atoms with E-state index in [1.807, 2.05) is 48.5 Å². The molecule has 4 aromatic carbocycles. The summed E-state index contributed by atoms with van der Waals surface area (Å²) >= 11 is 0. The monoisotopic (exact) mass is 1440 g/mol. The number of rotatable bonds is 32. The van der Waals surface area contributed by atoms with Crippen LogP contribution in [0.2, 0.25) is 0 Å². The first-order chi connectivity index (χ1) is 49.3. The number of carbonyl (C=O) groups is 12. The van der Waals surface area contributed by atoms with E-state index in [-0.39, 0.29) is 127 Å². The number of ether oxygens (including phenoxy) is 4. The van der Waals surface area contributed by atoms with Crippen LogP contribution in [0.5, 0.6) is 0 Å². The van der Waals surface area contributed by atoms with Crippen LogP contribution in [0.4, 0.5) is 17.1 Å². The van der Waals surface area contributed by atoms with Crippen LogP contribution in [-0.4, -0.2) is 195 Å². The van der Waals surface area contributed by atoms with Gasteiger partial charge in [0.15, 0.2) is 5.78 Å². The van der Waals surface area contributed by atoms with Crippen LogP contribution in [0.15, 0.2) is 84.9 Å². The number of ketones is 1. The van der Waals surface area contributed by atoms with Crippen molar-refractivity contribution < 1.29 is 76.5 Å². The number of methoxy groups -OCH3 is 2. The SMILES string of the molecule is COC(=O)C[C@@H]1Nc2ccc(C(=O)N(C)Cc3nc4ccccc4[nH]3)cc2NC(CCCNC(=O)[C@H](CCC(=O)OC(C)(C)C)NC(=O)[C@@H](C)CCC(=O)N[C@@H](CCC(=O)OC(C)(C)C)C(=O)NCCCN2Cc3cc(C(=O)N(C)Cc4nc5ccccc5[nH]4)ccc3N[C@H](CC(=O)OC)C2=O)C1=O. The predicted octanol–water partition coefficient (Wildman–Crippen LogP) is 6.11. The smallest absolute Gasteiger partial charge is 0.308 e. The molecule has 0 spiro atoms. The highest BCUT2D eigenvalue weighted by Crippen LogP contribution is 2.32. The molecule has 0 saturated carbocycles. The zero-order valence-corrected chi connectivity index (χ0v) is 60.8. The molecule has 2 aliphatic rings. The van der Waals surface area contributed by atoms with Gasteiger partial charge < -0.3 is 80.8 Å². The molecular weight excluding hydrogens is 1340 g/mol. The standard InChI is InChI=1S/C74H96N14O16/c1-43(67(95)85-55(29-32-63(91)104-74(5,6)7)69(97)75-33-16-22-53-66(94)57(38-64(92)101-10)78-52-27-25-45(37-56(52)79-53)71(99)87(9)42-60-82-50-20-14-15-21-51(50)83-60)23-30-61(89)84-54(28-31-62(90)103-73(2,3)4)68(96)76-34-17-35-88-40-46-36-44(24-26-47(46)77-58(72(88)100)39-65(93)102-11)70(98)86(8)41-59-80-48-18-12-13-19-49(48)81-59/h12-15,18-21,24-27,36-37,43,53-55,57-58,77-79H,16-17,22-23,28-35,38-42H2,1-11H3,(H,75,97)(H,76,96)(H,80,81)(H,82,83)(H,84,89)(H,85,95)/t43-,53?,54-,55-,57-,58+/m0/s1. The lowest BCUT2D eigenvalue weighted by Gasteiger charge is -2.25. The minimum Gasteiger partial charge on any atom is -0.469 e. The first kappa shape index (κ1) is 78.8. The summed E-state index contributed by atoms with van der Waals surface area (Å²) in [7, 11) is 5.73. The number of carbonyl (C=O) groups excluding carboxylic acids is 12. The summed E-state index contributed by atoms with van der Waals surface area (Å²) in [5.41, 5.74) is 4.14. The Kier molecular flexibility index (Phi) is 27.1. The summed E-state index contributed by atoms with van der Waals surface area (Å²) in [6.07, 6.45) is -1.29. The number of amides is 7. The number of nitrogens with one attached hydrogen (secondary N) is 9. The van der Waals surface area contributed by atoms with Crippen LogP contribution in [0.25, 0.3) is 22.1 Å². The van der Waals surface area contributed by atoms with E-state index in [1.54, 1.807) is 99.0 Å². The predicted molar refractivity (Wildman–Crippen MR) is 385 cm³/mol. The Morgan fingerprint density at radius 1 is 0.567 bits per heavy atom. The fourth-order valence-corrected chi connectivity index (χ4v) is 12.0. The molecule has 6 atom stereocenters. The lowest BCUT2D eigenvalue weighted by atomic mass is 9.99. The van der Waals surface area contributed by atoms with Crippen LogP contribution >= 0.6 is 0 Å². The third kappa shape index (κ3) is 22.8. The summed E-state index contributed by atoms with van der Waals surface area (Å²) in [5.74, 6) is -6.24. The summed E-state index contributed by atoms with van der Waals surface area (Å²) in [5, 5.41) is 20.6. The topological polar surface area (TPSA) is 393 Å². The molecule has 2 aromatic heterocycles. The Hall–Kier alpha value is -10.9. The van der Waals surface area contributed by atoms with E-state index in [0.29, 0.717) is 45.4 Å². The summed E-state index contributed by atoms with van der Waals surface area (Å²) in [6, 6.07) is 19.4. The molecule has 0 bridgehead atoms. The van der Waals surface area contributed by atoms with Gasteiger partial charge in [-0.25, -0.2) is 9.97 Å². The van der Waals surface area contributed by atoms with Gasteiger partial charge >= 0.3 is 23.9 Å². The Labute approximate surface area is 603 Å². The van der Waals surface area contributed by atoms with Gasteiger partial charge in [0, 0.05) is 82.3 Å². The molecule has 4 heterocycles. The average molecular weight is 1440 g/mol. The molecule has 558 valence electrons. The number of aromatic nitrogens is 4. The van der Waals surface area contributed by atoms with Crippen LogP contribution in [-0.2, 0) is 86.5 Å². The Balaban J connectivity index is 0.868. The molecule has 104 heavy (non-hydrogen) atoms. The number of para-hydroxylation sites is 4. The number of esters is 4. The zero-order chi connectivity index (χ0) is 75.6. The molecule has 8 rings (SSSR count). The van der Waals surface area contributed by atoms with Crippen LogP contribution in [0.1, 0.15) is 157 Å². The molecular formula is C74H96N14O16. The van der Waals surface area contributed by atoms with Crippen molar-refractivity contribution in [2.45, 2.75) is 180 Å². The number of Topliss-reactive ketones (excluding diaryl/α,β-unsaturated/α-hetero) is 1. The summed E-state index contributed by atoms with van der Waals surface area (Å²) in [6.45, 7) is 12.1. The number of nitrogens with zero attached hydrogens (tertiary/aromatic N) is 5.